The van der Waals surface area contributed by atoms with E-state index in [0.29, 0.717) is 38.0 Å². The second-order valence-electron chi connectivity index (χ2n) is 8.93. The second-order valence-corrected chi connectivity index (χ2v) is 8.93. The summed E-state index contributed by atoms with van der Waals surface area (Å²) in [5.41, 5.74) is 2.07. The molecule has 3 heterocycles. The Morgan fingerprint density at radius 3 is 2.43 bits per heavy atom. The summed E-state index contributed by atoms with van der Waals surface area (Å²) in [7, 11) is 1.66. The van der Waals surface area contributed by atoms with Crippen LogP contribution in [0.2, 0.25) is 0 Å². The van der Waals surface area contributed by atoms with Crippen molar-refractivity contribution in [3.63, 3.8) is 0 Å². The minimum atomic E-state index is -0.0449. The zero-order valence-electron chi connectivity index (χ0n) is 20.9. The molecular formula is C28H31N5O4. The van der Waals surface area contributed by atoms with Crippen LogP contribution >= 0.6 is 0 Å². The molecular weight excluding hydrogens is 470 g/mol. The maximum absolute atomic E-state index is 12.4. The van der Waals surface area contributed by atoms with Crippen LogP contribution in [0.3, 0.4) is 0 Å². The molecule has 2 aliphatic heterocycles. The molecule has 1 aromatic heterocycles. The zero-order valence-corrected chi connectivity index (χ0v) is 20.9. The van der Waals surface area contributed by atoms with Gasteiger partial charge in [-0.25, -0.2) is 4.99 Å². The van der Waals surface area contributed by atoms with Gasteiger partial charge in [0.1, 0.15) is 18.1 Å². The summed E-state index contributed by atoms with van der Waals surface area (Å²) in [5.74, 6) is 2.76. The molecule has 1 saturated heterocycles. The monoisotopic (exact) mass is 501 g/mol. The Labute approximate surface area is 216 Å². The van der Waals surface area contributed by atoms with Crippen molar-refractivity contribution in [1.29, 1.82) is 0 Å². The molecule has 0 bridgehead atoms. The lowest BCUT2D eigenvalue weighted by Crippen LogP contribution is -2.49. The number of rotatable bonds is 8. The Kier molecular flexibility index (Phi) is 7.81. The van der Waals surface area contributed by atoms with E-state index in [2.05, 4.69) is 20.2 Å². The number of furan rings is 1. The number of anilines is 1. The van der Waals surface area contributed by atoms with Gasteiger partial charge in [0.15, 0.2) is 5.76 Å². The summed E-state index contributed by atoms with van der Waals surface area (Å²) < 4.78 is 16.4. The Bertz CT molecular complexity index is 1210. The van der Waals surface area contributed by atoms with E-state index in [9.17, 15) is 4.79 Å². The van der Waals surface area contributed by atoms with Crippen molar-refractivity contribution < 1.29 is 18.7 Å². The van der Waals surface area contributed by atoms with E-state index in [-0.39, 0.29) is 11.8 Å². The normalized spacial score (nSPS) is 17.8. The molecule has 3 aromatic rings. The summed E-state index contributed by atoms with van der Waals surface area (Å²) in [6.07, 6.45) is 3.46. The fraction of sp³-hybridized carbons (Fsp3) is 0.321. The van der Waals surface area contributed by atoms with Crippen LogP contribution in [0.5, 0.6) is 11.5 Å². The van der Waals surface area contributed by atoms with Crippen LogP contribution in [0.25, 0.3) is 0 Å². The molecule has 1 unspecified atom stereocenters. The number of carbonyl (C=O) groups excluding carboxylic acids is 1. The average molecular weight is 502 g/mol. The minimum Gasteiger partial charge on any atom is -0.497 e. The van der Waals surface area contributed by atoms with Gasteiger partial charge in [-0.3, -0.25) is 14.7 Å². The van der Waals surface area contributed by atoms with Crippen molar-refractivity contribution >= 4 is 23.8 Å². The number of carbonyl (C=O) groups is 1. The van der Waals surface area contributed by atoms with Gasteiger partial charge in [-0.2, -0.15) is 0 Å². The largest absolute Gasteiger partial charge is 0.497 e. The van der Waals surface area contributed by atoms with Crippen LogP contribution in [0.15, 0.2) is 81.3 Å². The molecule has 1 atom stereocenters. The van der Waals surface area contributed by atoms with Gasteiger partial charge < -0.3 is 24.1 Å². The number of piperazine rings is 1. The van der Waals surface area contributed by atoms with Crippen molar-refractivity contribution in [2.45, 2.75) is 5.92 Å². The molecule has 0 aliphatic carbocycles. The predicted molar refractivity (Wildman–Crippen MR) is 143 cm³/mol. The zero-order chi connectivity index (χ0) is 25.5. The van der Waals surface area contributed by atoms with Gasteiger partial charge in [0, 0.05) is 50.5 Å². The first-order chi connectivity index (χ1) is 18.2. The number of nitrogens with zero attached hydrogens (tertiary/aromatic N) is 4. The van der Waals surface area contributed by atoms with E-state index in [1.807, 2.05) is 59.6 Å². The summed E-state index contributed by atoms with van der Waals surface area (Å²) in [4.78, 5) is 25.6. The molecule has 1 N–H and O–H groups in total. The van der Waals surface area contributed by atoms with E-state index >= 15 is 0 Å². The van der Waals surface area contributed by atoms with Crippen LogP contribution in [0.4, 0.5) is 5.69 Å². The molecule has 2 aliphatic rings. The van der Waals surface area contributed by atoms with E-state index in [1.165, 1.54) is 6.26 Å². The fourth-order valence-electron chi connectivity index (χ4n) is 4.33. The molecule has 37 heavy (non-hydrogen) atoms. The number of nitrogens with one attached hydrogen (secondary N) is 1. The first-order valence-corrected chi connectivity index (χ1v) is 12.5. The van der Waals surface area contributed by atoms with Gasteiger partial charge >= 0.3 is 0 Å². The number of hydrogen-bond donors (Lipinski definition) is 1. The number of hydrogen-bond acceptors (Lipinski definition) is 8. The molecule has 9 heteroatoms. The number of ether oxygens (including phenoxy) is 2. The minimum absolute atomic E-state index is 0.0449. The third kappa shape index (κ3) is 6.37. The van der Waals surface area contributed by atoms with E-state index in [4.69, 9.17) is 13.9 Å². The molecule has 9 nitrogen and oxygen atoms in total. The standard InChI is InChI=1S/C28H31N5O4/c1-35-24-8-4-21(5-9-24)22-19-29-28(30-20-22)31-23-6-10-25(11-7-23)36-18-16-32-12-14-33(15-13-32)27(34)26-3-2-17-37-26/h2-11,17,19,22H,12-16,18,20H2,1H3,(H,30,31). The lowest BCUT2D eigenvalue weighted by atomic mass is 10.00. The molecule has 5 rings (SSSR count). The lowest BCUT2D eigenvalue weighted by Gasteiger charge is -2.34. The van der Waals surface area contributed by atoms with Crippen LogP contribution in [-0.4, -0.2) is 80.9 Å². The molecule has 0 saturated carbocycles. The molecule has 192 valence electrons. The Morgan fingerprint density at radius 1 is 1.03 bits per heavy atom. The maximum atomic E-state index is 12.4. The third-order valence-corrected chi connectivity index (χ3v) is 6.54. The van der Waals surface area contributed by atoms with Crippen molar-refractivity contribution in [1.82, 2.24) is 9.80 Å². The Balaban J connectivity index is 1.02. The second kappa shape index (κ2) is 11.7. The van der Waals surface area contributed by atoms with Crippen LogP contribution in [-0.2, 0) is 0 Å². The Morgan fingerprint density at radius 2 is 1.78 bits per heavy atom. The quantitative estimate of drug-likeness (QED) is 0.505. The first kappa shape index (κ1) is 24.6. The summed E-state index contributed by atoms with van der Waals surface area (Å²) >= 11 is 0. The molecule has 0 spiro atoms. The van der Waals surface area contributed by atoms with Gasteiger partial charge in [0.05, 0.1) is 19.9 Å². The van der Waals surface area contributed by atoms with E-state index in [0.717, 1.165) is 42.4 Å². The van der Waals surface area contributed by atoms with Gasteiger partial charge in [-0.1, -0.05) is 12.1 Å². The fourth-order valence-corrected chi connectivity index (χ4v) is 4.33. The van der Waals surface area contributed by atoms with Gasteiger partial charge in [0.25, 0.3) is 5.91 Å². The maximum Gasteiger partial charge on any atom is 0.289 e. The first-order valence-electron chi connectivity index (χ1n) is 12.5. The van der Waals surface area contributed by atoms with E-state index in [1.54, 1.807) is 19.2 Å². The number of benzene rings is 2. The van der Waals surface area contributed by atoms with Crippen molar-refractivity contribution in [2.24, 2.45) is 9.98 Å². The van der Waals surface area contributed by atoms with Crippen molar-refractivity contribution in [2.75, 3.05) is 58.3 Å². The molecule has 1 amide bonds. The lowest BCUT2D eigenvalue weighted by molar-refractivity contribution is 0.0590. The number of guanidine groups is 1. The Hall–Kier alpha value is -4.11. The number of methoxy groups -OCH3 is 1. The number of amides is 1. The van der Waals surface area contributed by atoms with Crippen LogP contribution in [0, 0.1) is 0 Å². The van der Waals surface area contributed by atoms with E-state index < -0.39 is 0 Å². The molecule has 0 radical (unpaired) electrons. The predicted octanol–water partition coefficient (Wildman–Crippen LogP) is 3.76. The topological polar surface area (TPSA) is 91.9 Å². The smallest absolute Gasteiger partial charge is 0.289 e. The highest BCUT2D eigenvalue weighted by Crippen LogP contribution is 2.21. The average Bonchev–Trinajstić information content (AvgIpc) is 3.50. The highest BCUT2D eigenvalue weighted by Gasteiger charge is 2.23. The van der Waals surface area contributed by atoms with Gasteiger partial charge in [-0.05, 0) is 54.1 Å². The number of aliphatic imine (C=N–C) groups is 2. The van der Waals surface area contributed by atoms with Crippen molar-refractivity contribution in [3.8, 4) is 11.5 Å². The highest BCUT2D eigenvalue weighted by molar-refractivity contribution is 6.00. The summed E-state index contributed by atoms with van der Waals surface area (Å²) in [6, 6.07) is 19.2. The summed E-state index contributed by atoms with van der Waals surface area (Å²) in [6.45, 7) is 5.05. The van der Waals surface area contributed by atoms with Crippen LogP contribution < -0.4 is 14.8 Å². The highest BCUT2D eigenvalue weighted by atomic mass is 16.5. The van der Waals surface area contributed by atoms with Gasteiger partial charge in [-0.15, -0.1) is 0 Å². The SMILES string of the molecule is COc1ccc(C2C=NC(Nc3ccc(OCCN4CCN(C(=O)c5ccco5)CC4)cc3)=NC2)cc1. The summed E-state index contributed by atoms with van der Waals surface area (Å²) in [5, 5.41) is 3.26. The van der Waals surface area contributed by atoms with Crippen molar-refractivity contribution in [3.05, 3.63) is 78.3 Å². The van der Waals surface area contributed by atoms with Gasteiger partial charge in [0.2, 0.25) is 5.96 Å². The molecule has 1 fully saturated rings. The third-order valence-electron chi connectivity index (χ3n) is 6.54. The van der Waals surface area contributed by atoms with Crippen LogP contribution in [0.1, 0.15) is 22.0 Å². The molecule has 2 aromatic carbocycles.